The molecule has 18 heavy (non-hydrogen) atoms. The van der Waals surface area contributed by atoms with E-state index < -0.39 is 11.9 Å². The molecule has 1 amide bonds. The number of benzene rings is 1. The maximum Gasteiger partial charge on any atom is 0.311 e. The lowest BCUT2D eigenvalue weighted by Gasteiger charge is -2.19. The lowest BCUT2D eigenvalue weighted by Crippen LogP contribution is -2.20. The number of carbonyl (C=O) groups excluding carboxylic acids is 1. The first-order valence-electron chi connectivity index (χ1n) is 5.97. The number of aliphatic carboxylic acids is 1. The summed E-state index contributed by atoms with van der Waals surface area (Å²) in [5, 5.41) is 12.0. The molecule has 1 aliphatic heterocycles. The van der Waals surface area contributed by atoms with Gasteiger partial charge in [-0.25, -0.2) is 0 Å². The summed E-state index contributed by atoms with van der Waals surface area (Å²) in [6.07, 6.45) is 1.52. The summed E-state index contributed by atoms with van der Waals surface area (Å²) in [5.74, 6) is -1.43. The largest absolute Gasteiger partial charge is 0.481 e. The quantitative estimate of drug-likeness (QED) is 0.743. The average Bonchev–Trinajstić information content (AvgIpc) is 2.35. The van der Waals surface area contributed by atoms with Crippen LogP contribution < -0.4 is 11.1 Å². The van der Waals surface area contributed by atoms with Crippen molar-refractivity contribution in [3.8, 4) is 0 Å². The normalized spacial score (nSPS) is 15.7. The van der Waals surface area contributed by atoms with Crippen molar-refractivity contribution in [1.29, 1.82) is 0 Å². The molecule has 1 unspecified atom stereocenters. The van der Waals surface area contributed by atoms with E-state index in [1.807, 2.05) is 6.07 Å². The second-order valence-electron chi connectivity index (χ2n) is 4.43. The highest BCUT2D eigenvalue weighted by atomic mass is 16.4. The zero-order valence-electron chi connectivity index (χ0n) is 9.98. The number of nitrogens with two attached hydrogens (primary N) is 1. The zero-order chi connectivity index (χ0) is 13.1. The lowest BCUT2D eigenvalue weighted by atomic mass is 9.91. The van der Waals surface area contributed by atoms with Crippen LogP contribution >= 0.6 is 0 Å². The Balaban J connectivity index is 2.29. The minimum atomic E-state index is -0.861. The van der Waals surface area contributed by atoms with E-state index in [0.29, 0.717) is 25.8 Å². The number of carboxylic acid groups (broad SMARTS) is 1. The highest BCUT2D eigenvalue weighted by Crippen LogP contribution is 2.28. The maximum absolute atomic E-state index is 11.2. The summed E-state index contributed by atoms with van der Waals surface area (Å²) < 4.78 is 0. The van der Waals surface area contributed by atoms with E-state index >= 15 is 0 Å². The molecule has 0 aliphatic carbocycles. The van der Waals surface area contributed by atoms with Gasteiger partial charge in [0.05, 0.1) is 5.92 Å². The van der Waals surface area contributed by atoms with Crippen molar-refractivity contribution in [3.05, 3.63) is 29.3 Å². The minimum Gasteiger partial charge on any atom is -0.481 e. The van der Waals surface area contributed by atoms with E-state index in [1.54, 1.807) is 12.1 Å². The number of carbonyl (C=O) groups is 2. The Kier molecular flexibility index (Phi) is 3.62. The van der Waals surface area contributed by atoms with Crippen LogP contribution in [0.3, 0.4) is 0 Å². The summed E-state index contributed by atoms with van der Waals surface area (Å²) in [5.41, 5.74) is 7.97. The van der Waals surface area contributed by atoms with Gasteiger partial charge in [0.1, 0.15) is 0 Å². The van der Waals surface area contributed by atoms with E-state index in [-0.39, 0.29) is 5.91 Å². The first-order chi connectivity index (χ1) is 8.61. The van der Waals surface area contributed by atoms with Crippen molar-refractivity contribution in [1.82, 2.24) is 0 Å². The van der Waals surface area contributed by atoms with Crippen LogP contribution in [-0.2, 0) is 16.0 Å². The number of fused-ring (bicyclic) bond motifs is 1. The minimum absolute atomic E-state index is 0.00647. The molecule has 1 atom stereocenters. The van der Waals surface area contributed by atoms with Crippen LogP contribution in [0.5, 0.6) is 0 Å². The first-order valence-corrected chi connectivity index (χ1v) is 5.97. The second-order valence-corrected chi connectivity index (χ2v) is 4.43. The molecule has 1 heterocycles. The van der Waals surface area contributed by atoms with Gasteiger partial charge in [-0.05, 0) is 36.6 Å². The predicted molar refractivity (Wildman–Crippen MR) is 67.4 cm³/mol. The molecule has 2 rings (SSSR count). The molecule has 5 nitrogen and oxygen atoms in total. The molecule has 5 heteroatoms. The Bertz CT molecular complexity index is 485. The van der Waals surface area contributed by atoms with E-state index in [0.717, 1.165) is 16.8 Å². The van der Waals surface area contributed by atoms with Crippen molar-refractivity contribution in [2.45, 2.75) is 25.2 Å². The van der Waals surface area contributed by atoms with Gasteiger partial charge >= 0.3 is 5.97 Å². The molecule has 1 aromatic carbocycles. The molecule has 1 aromatic rings. The summed E-state index contributed by atoms with van der Waals surface area (Å²) in [7, 11) is 0. The van der Waals surface area contributed by atoms with Gasteiger partial charge in [-0.3, -0.25) is 9.59 Å². The van der Waals surface area contributed by atoms with Crippen LogP contribution in [0.4, 0.5) is 5.69 Å². The van der Waals surface area contributed by atoms with Crippen molar-refractivity contribution in [2.24, 2.45) is 5.73 Å². The Labute approximate surface area is 105 Å². The number of anilines is 1. The van der Waals surface area contributed by atoms with Gasteiger partial charge in [0.25, 0.3) is 0 Å². The van der Waals surface area contributed by atoms with Gasteiger partial charge in [-0.1, -0.05) is 12.1 Å². The SMILES string of the molecule is NCCC(C(=O)O)c1ccc2c(c1)CCC(=O)N2. The highest BCUT2D eigenvalue weighted by Gasteiger charge is 2.21. The third-order valence-corrected chi connectivity index (χ3v) is 3.18. The molecule has 0 aromatic heterocycles. The topological polar surface area (TPSA) is 92.4 Å². The molecule has 0 bridgehead atoms. The maximum atomic E-state index is 11.2. The summed E-state index contributed by atoms with van der Waals surface area (Å²) in [6, 6.07) is 5.39. The summed E-state index contributed by atoms with van der Waals surface area (Å²) in [6.45, 7) is 0.338. The number of nitrogens with one attached hydrogen (secondary N) is 1. The van der Waals surface area contributed by atoms with E-state index in [2.05, 4.69) is 5.32 Å². The van der Waals surface area contributed by atoms with Crippen LogP contribution in [0.15, 0.2) is 18.2 Å². The fraction of sp³-hybridized carbons (Fsp3) is 0.385. The number of hydrogen-bond acceptors (Lipinski definition) is 3. The summed E-state index contributed by atoms with van der Waals surface area (Å²) in [4.78, 5) is 22.4. The van der Waals surface area contributed by atoms with Crippen LogP contribution in [0.25, 0.3) is 0 Å². The smallest absolute Gasteiger partial charge is 0.311 e. The Morgan fingerprint density at radius 3 is 2.89 bits per heavy atom. The first kappa shape index (κ1) is 12.6. The van der Waals surface area contributed by atoms with Crippen LogP contribution in [-0.4, -0.2) is 23.5 Å². The van der Waals surface area contributed by atoms with Gasteiger partial charge in [0.2, 0.25) is 5.91 Å². The number of hydrogen-bond donors (Lipinski definition) is 3. The van der Waals surface area contributed by atoms with Gasteiger partial charge < -0.3 is 16.2 Å². The van der Waals surface area contributed by atoms with Gasteiger partial charge in [-0.2, -0.15) is 0 Å². The van der Waals surface area contributed by atoms with Gasteiger partial charge in [0.15, 0.2) is 0 Å². The molecular formula is C13H16N2O3. The Morgan fingerprint density at radius 1 is 1.44 bits per heavy atom. The second kappa shape index (κ2) is 5.18. The molecule has 1 aliphatic rings. The van der Waals surface area contributed by atoms with Gasteiger partial charge in [-0.15, -0.1) is 0 Å². The molecule has 0 saturated carbocycles. The monoisotopic (exact) mass is 248 g/mol. The Morgan fingerprint density at radius 2 is 2.22 bits per heavy atom. The molecular weight excluding hydrogens is 232 g/mol. The third-order valence-electron chi connectivity index (χ3n) is 3.18. The van der Waals surface area contributed by atoms with Crippen LogP contribution in [0, 0.1) is 0 Å². The fourth-order valence-electron chi connectivity index (χ4n) is 2.22. The van der Waals surface area contributed by atoms with Crippen molar-refractivity contribution < 1.29 is 14.7 Å². The van der Waals surface area contributed by atoms with E-state index in [4.69, 9.17) is 5.73 Å². The number of carboxylic acids is 1. The molecule has 0 saturated heterocycles. The van der Waals surface area contributed by atoms with Gasteiger partial charge in [0, 0.05) is 12.1 Å². The molecule has 4 N–H and O–H groups in total. The highest BCUT2D eigenvalue weighted by molar-refractivity contribution is 5.94. The molecule has 0 spiro atoms. The third kappa shape index (κ3) is 2.51. The molecule has 96 valence electrons. The van der Waals surface area contributed by atoms with Crippen molar-refractivity contribution >= 4 is 17.6 Å². The zero-order valence-corrected chi connectivity index (χ0v) is 9.98. The standard InChI is InChI=1S/C13H16N2O3/c14-6-5-10(13(17)18)8-1-3-11-9(7-8)2-4-12(16)15-11/h1,3,7,10H,2,4-6,14H2,(H,15,16)(H,17,18). The number of amides is 1. The fourth-order valence-corrected chi connectivity index (χ4v) is 2.22. The van der Waals surface area contributed by atoms with Crippen LogP contribution in [0.1, 0.15) is 29.9 Å². The van der Waals surface area contributed by atoms with Crippen molar-refractivity contribution in [2.75, 3.05) is 11.9 Å². The Hall–Kier alpha value is -1.88. The molecule has 0 fully saturated rings. The average molecular weight is 248 g/mol. The lowest BCUT2D eigenvalue weighted by molar-refractivity contribution is -0.138. The van der Waals surface area contributed by atoms with Crippen LogP contribution in [0.2, 0.25) is 0 Å². The number of aryl methyl sites for hydroxylation is 1. The number of rotatable bonds is 4. The van der Waals surface area contributed by atoms with E-state index in [9.17, 15) is 14.7 Å². The van der Waals surface area contributed by atoms with Crippen molar-refractivity contribution in [3.63, 3.8) is 0 Å². The summed E-state index contributed by atoms with van der Waals surface area (Å²) >= 11 is 0. The molecule has 0 radical (unpaired) electrons. The van der Waals surface area contributed by atoms with E-state index in [1.165, 1.54) is 0 Å². The predicted octanol–water partition coefficient (Wildman–Crippen LogP) is 1.09.